The Balaban J connectivity index is 2.01. The molecule has 1 fully saturated rings. The van der Waals surface area contributed by atoms with E-state index in [4.69, 9.17) is 4.74 Å². The lowest BCUT2D eigenvalue weighted by molar-refractivity contribution is 0.0512. The van der Waals surface area contributed by atoms with Gasteiger partial charge in [0, 0.05) is 5.92 Å². The van der Waals surface area contributed by atoms with Crippen molar-refractivity contribution in [1.82, 2.24) is 15.2 Å². The van der Waals surface area contributed by atoms with Crippen LogP contribution in [0.15, 0.2) is 0 Å². The molecule has 0 bridgehead atoms. The summed E-state index contributed by atoms with van der Waals surface area (Å²) in [5.41, 5.74) is 0. The maximum atomic E-state index is 11.5. The van der Waals surface area contributed by atoms with Gasteiger partial charge < -0.3 is 4.74 Å². The number of rotatable bonds is 3. The Kier molecular flexibility index (Phi) is 4.73. The number of H-pyrrole nitrogens is 1. The lowest BCUT2D eigenvalue weighted by Crippen LogP contribution is -2.08. The summed E-state index contributed by atoms with van der Waals surface area (Å²) in [6, 6.07) is 0. The summed E-state index contributed by atoms with van der Waals surface area (Å²) >= 11 is 0. The molecule has 18 heavy (non-hydrogen) atoms. The molecule has 0 atom stereocenters. The lowest BCUT2D eigenvalue weighted by Gasteiger charge is -2.16. The van der Waals surface area contributed by atoms with Crippen molar-refractivity contribution in [2.45, 2.75) is 57.8 Å². The number of nitrogens with zero attached hydrogens (tertiary/aromatic N) is 2. The van der Waals surface area contributed by atoms with Crippen LogP contribution in [0.3, 0.4) is 0 Å². The minimum Gasteiger partial charge on any atom is -0.460 e. The molecule has 1 saturated carbocycles. The molecule has 0 unspecified atom stereocenters. The summed E-state index contributed by atoms with van der Waals surface area (Å²) in [7, 11) is 0. The highest BCUT2D eigenvalue weighted by Crippen LogP contribution is 2.28. The molecule has 0 amide bonds. The van der Waals surface area contributed by atoms with E-state index in [1.165, 1.54) is 32.1 Å². The Morgan fingerprint density at radius 2 is 1.94 bits per heavy atom. The van der Waals surface area contributed by atoms with Gasteiger partial charge in [0.2, 0.25) is 0 Å². The standard InChI is InChI=1S/C13H21N3O2/c1-2-18-13(17)12-14-11(15-16-12)10-8-6-4-3-5-7-9-10/h10H,2-9H2,1H3,(H,14,15,16). The van der Waals surface area contributed by atoms with Gasteiger partial charge in [-0.25, -0.2) is 9.78 Å². The van der Waals surface area contributed by atoms with Crippen LogP contribution in [0, 0.1) is 0 Å². The molecule has 0 aromatic carbocycles. The minimum atomic E-state index is -0.439. The normalized spacial score (nSPS) is 18.1. The maximum Gasteiger partial charge on any atom is 0.378 e. The summed E-state index contributed by atoms with van der Waals surface area (Å²) in [6.07, 6.45) is 8.69. The number of hydrogen-bond donors (Lipinski definition) is 1. The van der Waals surface area contributed by atoms with Crippen molar-refractivity contribution in [1.29, 1.82) is 0 Å². The van der Waals surface area contributed by atoms with Gasteiger partial charge in [0.15, 0.2) is 0 Å². The zero-order valence-electron chi connectivity index (χ0n) is 10.9. The van der Waals surface area contributed by atoms with Crippen LogP contribution in [-0.4, -0.2) is 27.8 Å². The van der Waals surface area contributed by atoms with Crippen molar-refractivity contribution in [3.8, 4) is 0 Å². The second kappa shape index (κ2) is 6.52. The summed E-state index contributed by atoms with van der Waals surface area (Å²) < 4.78 is 4.89. The Morgan fingerprint density at radius 3 is 2.61 bits per heavy atom. The quantitative estimate of drug-likeness (QED) is 0.839. The fraction of sp³-hybridized carbons (Fsp3) is 0.769. The second-order valence-electron chi connectivity index (χ2n) is 4.81. The topological polar surface area (TPSA) is 67.9 Å². The zero-order chi connectivity index (χ0) is 12.8. The zero-order valence-corrected chi connectivity index (χ0v) is 10.9. The molecule has 1 aliphatic carbocycles. The van der Waals surface area contributed by atoms with Crippen LogP contribution in [-0.2, 0) is 4.74 Å². The Labute approximate surface area is 107 Å². The van der Waals surface area contributed by atoms with E-state index in [0.29, 0.717) is 12.5 Å². The minimum absolute atomic E-state index is 0.161. The van der Waals surface area contributed by atoms with E-state index in [0.717, 1.165) is 18.7 Å². The third-order valence-corrected chi connectivity index (χ3v) is 3.45. The Hall–Kier alpha value is -1.39. The molecule has 1 heterocycles. The van der Waals surface area contributed by atoms with Crippen LogP contribution >= 0.6 is 0 Å². The van der Waals surface area contributed by atoms with Gasteiger partial charge in [0.1, 0.15) is 5.82 Å². The van der Waals surface area contributed by atoms with Crippen molar-refractivity contribution >= 4 is 5.97 Å². The van der Waals surface area contributed by atoms with Crippen LogP contribution in [0.5, 0.6) is 0 Å². The van der Waals surface area contributed by atoms with Gasteiger partial charge in [-0.1, -0.05) is 32.1 Å². The third-order valence-electron chi connectivity index (χ3n) is 3.45. The molecule has 0 radical (unpaired) electrons. The van der Waals surface area contributed by atoms with Gasteiger partial charge in [0.05, 0.1) is 6.61 Å². The van der Waals surface area contributed by atoms with E-state index in [2.05, 4.69) is 15.2 Å². The average molecular weight is 251 g/mol. The number of carbonyl (C=O) groups excluding carboxylic acids is 1. The van der Waals surface area contributed by atoms with E-state index in [1.807, 2.05) is 0 Å². The highest BCUT2D eigenvalue weighted by molar-refractivity contribution is 5.84. The highest BCUT2D eigenvalue weighted by Gasteiger charge is 2.20. The van der Waals surface area contributed by atoms with Crippen LogP contribution in [0.2, 0.25) is 0 Å². The monoisotopic (exact) mass is 251 g/mol. The smallest absolute Gasteiger partial charge is 0.378 e. The van der Waals surface area contributed by atoms with Crippen LogP contribution in [0.4, 0.5) is 0 Å². The predicted octanol–water partition coefficient (Wildman–Crippen LogP) is 2.81. The number of ether oxygens (including phenoxy) is 1. The molecular formula is C13H21N3O2. The predicted molar refractivity (Wildman–Crippen MR) is 67.4 cm³/mol. The average Bonchev–Trinajstić information content (AvgIpc) is 2.78. The molecule has 1 aromatic rings. The van der Waals surface area contributed by atoms with E-state index in [9.17, 15) is 4.79 Å². The molecule has 0 aliphatic heterocycles. The van der Waals surface area contributed by atoms with E-state index < -0.39 is 5.97 Å². The van der Waals surface area contributed by atoms with Crippen LogP contribution in [0.1, 0.15) is 74.2 Å². The number of nitrogens with one attached hydrogen (secondary N) is 1. The summed E-state index contributed by atoms with van der Waals surface area (Å²) in [5.74, 6) is 0.987. The molecule has 1 aliphatic rings. The van der Waals surface area contributed by atoms with Crippen molar-refractivity contribution < 1.29 is 9.53 Å². The van der Waals surface area contributed by atoms with Gasteiger partial charge in [-0.05, 0) is 19.8 Å². The molecule has 2 rings (SSSR count). The molecule has 0 saturated heterocycles. The van der Waals surface area contributed by atoms with Crippen LogP contribution < -0.4 is 0 Å². The van der Waals surface area contributed by atoms with Gasteiger partial charge in [-0.2, -0.15) is 0 Å². The Bertz CT molecular complexity index is 381. The molecule has 5 heteroatoms. The fourth-order valence-corrected chi connectivity index (χ4v) is 2.47. The summed E-state index contributed by atoms with van der Waals surface area (Å²) in [6.45, 7) is 2.13. The summed E-state index contributed by atoms with van der Waals surface area (Å²) in [5, 5.41) is 6.85. The number of esters is 1. The first kappa shape index (κ1) is 13.1. The second-order valence-corrected chi connectivity index (χ2v) is 4.81. The molecule has 5 nitrogen and oxygen atoms in total. The van der Waals surface area contributed by atoms with Gasteiger partial charge >= 0.3 is 5.97 Å². The van der Waals surface area contributed by atoms with E-state index >= 15 is 0 Å². The highest BCUT2D eigenvalue weighted by atomic mass is 16.5. The number of aromatic amines is 1. The first-order chi connectivity index (χ1) is 8.81. The van der Waals surface area contributed by atoms with Crippen molar-refractivity contribution in [2.24, 2.45) is 0 Å². The maximum absolute atomic E-state index is 11.5. The number of carbonyl (C=O) groups is 1. The third kappa shape index (κ3) is 3.31. The van der Waals surface area contributed by atoms with Crippen LogP contribution in [0.25, 0.3) is 0 Å². The van der Waals surface area contributed by atoms with Crippen molar-refractivity contribution in [3.63, 3.8) is 0 Å². The molecule has 1 N–H and O–H groups in total. The van der Waals surface area contributed by atoms with Crippen molar-refractivity contribution in [2.75, 3.05) is 6.61 Å². The molecule has 1 aromatic heterocycles. The molecule has 0 spiro atoms. The number of hydrogen-bond acceptors (Lipinski definition) is 4. The molecule has 100 valence electrons. The van der Waals surface area contributed by atoms with Gasteiger partial charge in [-0.15, -0.1) is 5.10 Å². The molecular weight excluding hydrogens is 230 g/mol. The van der Waals surface area contributed by atoms with E-state index in [-0.39, 0.29) is 5.82 Å². The van der Waals surface area contributed by atoms with Crippen molar-refractivity contribution in [3.05, 3.63) is 11.6 Å². The largest absolute Gasteiger partial charge is 0.460 e. The first-order valence-corrected chi connectivity index (χ1v) is 6.90. The SMILES string of the molecule is CCOC(=O)c1n[nH]c(C2CCCCCCC2)n1. The summed E-state index contributed by atoms with van der Waals surface area (Å²) in [4.78, 5) is 15.8. The van der Waals surface area contributed by atoms with Gasteiger partial charge in [-0.3, -0.25) is 5.10 Å². The Morgan fingerprint density at radius 1 is 1.28 bits per heavy atom. The number of aromatic nitrogens is 3. The van der Waals surface area contributed by atoms with Gasteiger partial charge in [0.25, 0.3) is 5.82 Å². The van der Waals surface area contributed by atoms with E-state index in [1.54, 1.807) is 6.92 Å². The lowest BCUT2D eigenvalue weighted by atomic mass is 9.91. The fourth-order valence-electron chi connectivity index (χ4n) is 2.47. The first-order valence-electron chi connectivity index (χ1n) is 6.90.